The third-order valence-corrected chi connectivity index (χ3v) is 3.99. The first-order chi connectivity index (χ1) is 11.3. The van der Waals surface area contributed by atoms with Crippen molar-refractivity contribution in [1.29, 1.82) is 0 Å². The van der Waals surface area contributed by atoms with Crippen molar-refractivity contribution in [2.45, 2.75) is 18.4 Å². The quantitative estimate of drug-likeness (QED) is 0.810. The van der Waals surface area contributed by atoms with Crippen LogP contribution in [-0.2, 0) is 16.6 Å². The van der Waals surface area contributed by atoms with Crippen LogP contribution in [0.1, 0.15) is 22.8 Å². The van der Waals surface area contributed by atoms with Crippen LogP contribution in [-0.4, -0.2) is 25.9 Å². The molecule has 1 heterocycles. The Hall–Kier alpha value is -2.52. The number of hydrogen-bond donors (Lipinski definition) is 2. The number of nitrogens with zero attached hydrogens (tertiary/aromatic N) is 1. The molecular formula is C15H16FN3O4S. The zero-order valence-corrected chi connectivity index (χ0v) is 13.6. The number of benzene rings is 1. The second-order valence-electron chi connectivity index (χ2n) is 4.77. The van der Waals surface area contributed by atoms with Gasteiger partial charge in [-0.25, -0.2) is 22.9 Å². The molecule has 0 radical (unpaired) electrons. The number of primary sulfonamides is 1. The maximum Gasteiger partial charge on any atom is 0.254 e. The Bertz CT molecular complexity index is 856. The number of carbonyl (C=O) groups excluding carboxylic acids is 1. The maximum atomic E-state index is 13.8. The summed E-state index contributed by atoms with van der Waals surface area (Å²) in [6.45, 7) is 2.25. The van der Waals surface area contributed by atoms with Gasteiger partial charge >= 0.3 is 0 Å². The van der Waals surface area contributed by atoms with E-state index >= 15 is 0 Å². The third-order valence-electron chi connectivity index (χ3n) is 3.08. The third kappa shape index (κ3) is 4.27. The SMILES string of the molecule is CCOc1ncccc1CNC(=O)c1cc(S(N)(=O)=O)ccc1F. The topological polar surface area (TPSA) is 111 Å². The van der Waals surface area contributed by atoms with Crippen LogP contribution < -0.4 is 15.2 Å². The molecule has 3 N–H and O–H groups in total. The van der Waals surface area contributed by atoms with Gasteiger partial charge in [0.2, 0.25) is 15.9 Å². The van der Waals surface area contributed by atoms with E-state index in [1.165, 1.54) is 0 Å². The van der Waals surface area contributed by atoms with E-state index in [1.807, 2.05) is 0 Å². The Morgan fingerprint density at radius 3 is 2.79 bits per heavy atom. The molecule has 2 rings (SSSR count). The number of carbonyl (C=O) groups is 1. The van der Waals surface area contributed by atoms with Crippen LogP contribution in [0.25, 0.3) is 0 Å². The van der Waals surface area contributed by atoms with Gasteiger partial charge in [0.15, 0.2) is 0 Å². The highest BCUT2D eigenvalue weighted by molar-refractivity contribution is 7.89. The van der Waals surface area contributed by atoms with Crippen LogP contribution in [0.2, 0.25) is 0 Å². The number of hydrogen-bond acceptors (Lipinski definition) is 5. The summed E-state index contributed by atoms with van der Waals surface area (Å²) in [4.78, 5) is 15.8. The molecule has 0 aliphatic rings. The number of nitrogens with one attached hydrogen (secondary N) is 1. The van der Waals surface area contributed by atoms with Gasteiger partial charge in [0.1, 0.15) is 5.82 Å². The van der Waals surface area contributed by atoms with Crippen molar-refractivity contribution in [2.24, 2.45) is 5.14 Å². The minimum Gasteiger partial charge on any atom is -0.478 e. The molecule has 0 aliphatic carbocycles. The van der Waals surface area contributed by atoms with Gasteiger partial charge < -0.3 is 10.1 Å². The molecule has 9 heteroatoms. The fourth-order valence-electron chi connectivity index (χ4n) is 1.95. The monoisotopic (exact) mass is 353 g/mol. The minimum absolute atomic E-state index is 0.0427. The van der Waals surface area contributed by atoms with Crippen LogP contribution in [0.5, 0.6) is 5.88 Å². The lowest BCUT2D eigenvalue weighted by molar-refractivity contribution is 0.0946. The summed E-state index contributed by atoms with van der Waals surface area (Å²) in [5, 5.41) is 7.49. The van der Waals surface area contributed by atoms with Crippen molar-refractivity contribution in [3.63, 3.8) is 0 Å². The van der Waals surface area contributed by atoms with E-state index in [-0.39, 0.29) is 11.4 Å². The Labute approximate surface area is 138 Å². The number of rotatable bonds is 6. The second kappa shape index (κ2) is 7.37. The van der Waals surface area contributed by atoms with Crippen LogP contribution in [0.3, 0.4) is 0 Å². The van der Waals surface area contributed by atoms with Crippen molar-refractivity contribution in [2.75, 3.05) is 6.61 Å². The molecule has 1 aromatic heterocycles. The molecule has 0 aliphatic heterocycles. The number of amides is 1. The van der Waals surface area contributed by atoms with Gasteiger partial charge in [0.25, 0.3) is 5.91 Å². The molecule has 0 saturated heterocycles. The first-order valence-electron chi connectivity index (χ1n) is 7.00. The number of halogens is 1. The van der Waals surface area contributed by atoms with E-state index in [1.54, 1.807) is 25.3 Å². The molecule has 2 aromatic rings. The zero-order chi connectivity index (χ0) is 17.7. The number of sulfonamides is 1. The van der Waals surface area contributed by atoms with Crippen LogP contribution >= 0.6 is 0 Å². The molecule has 1 amide bonds. The molecule has 0 spiro atoms. The standard InChI is InChI=1S/C15H16FN3O4S/c1-2-23-15-10(4-3-7-18-15)9-19-14(20)12-8-11(24(17,21)22)5-6-13(12)16/h3-8H,2,9H2,1H3,(H,19,20)(H2,17,21,22). The molecule has 0 fully saturated rings. The van der Waals surface area contributed by atoms with Crippen LogP contribution in [0.4, 0.5) is 4.39 Å². The molecule has 7 nitrogen and oxygen atoms in total. The lowest BCUT2D eigenvalue weighted by Gasteiger charge is -2.10. The summed E-state index contributed by atoms with van der Waals surface area (Å²) in [6, 6.07) is 6.15. The highest BCUT2D eigenvalue weighted by atomic mass is 32.2. The first-order valence-corrected chi connectivity index (χ1v) is 8.54. The highest BCUT2D eigenvalue weighted by Crippen LogP contribution is 2.16. The first kappa shape index (κ1) is 17.8. The predicted octanol–water partition coefficient (Wildman–Crippen LogP) is 1.20. The average molecular weight is 353 g/mol. The van der Waals surface area contributed by atoms with Crippen LogP contribution in [0.15, 0.2) is 41.4 Å². The van der Waals surface area contributed by atoms with Crippen LogP contribution in [0, 0.1) is 5.82 Å². The normalized spacial score (nSPS) is 11.1. The van der Waals surface area contributed by atoms with Crippen molar-refractivity contribution in [1.82, 2.24) is 10.3 Å². The number of pyridine rings is 1. The summed E-state index contributed by atoms with van der Waals surface area (Å²) < 4.78 is 41.8. The van der Waals surface area contributed by atoms with Gasteiger partial charge in [-0.2, -0.15) is 0 Å². The summed E-state index contributed by atoms with van der Waals surface area (Å²) in [6.07, 6.45) is 1.55. The fraction of sp³-hybridized carbons (Fsp3) is 0.200. The molecule has 24 heavy (non-hydrogen) atoms. The molecule has 0 unspecified atom stereocenters. The molecular weight excluding hydrogens is 337 g/mol. The van der Waals surface area contributed by atoms with Gasteiger partial charge in [-0.05, 0) is 31.2 Å². The Balaban J connectivity index is 2.19. The Morgan fingerprint density at radius 2 is 2.12 bits per heavy atom. The average Bonchev–Trinajstić information content (AvgIpc) is 2.53. The molecule has 0 saturated carbocycles. The molecule has 0 bridgehead atoms. The second-order valence-corrected chi connectivity index (χ2v) is 6.33. The van der Waals surface area contributed by atoms with E-state index < -0.39 is 27.3 Å². The zero-order valence-electron chi connectivity index (χ0n) is 12.8. The van der Waals surface area contributed by atoms with Gasteiger partial charge in [-0.3, -0.25) is 4.79 Å². The van der Waals surface area contributed by atoms with Gasteiger partial charge in [-0.1, -0.05) is 6.07 Å². The van der Waals surface area contributed by atoms with Gasteiger partial charge in [0, 0.05) is 18.3 Å². The minimum atomic E-state index is -4.03. The molecule has 0 atom stereocenters. The molecule has 128 valence electrons. The van der Waals surface area contributed by atoms with E-state index in [2.05, 4.69) is 10.3 Å². The van der Waals surface area contributed by atoms with Gasteiger partial charge in [-0.15, -0.1) is 0 Å². The number of nitrogens with two attached hydrogens (primary N) is 1. The lowest BCUT2D eigenvalue weighted by atomic mass is 10.2. The fourth-order valence-corrected chi connectivity index (χ4v) is 2.49. The Morgan fingerprint density at radius 1 is 1.38 bits per heavy atom. The van der Waals surface area contributed by atoms with E-state index in [9.17, 15) is 17.6 Å². The van der Waals surface area contributed by atoms with E-state index in [0.29, 0.717) is 18.1 Å². The largest absolute Gasteiger partial charge is 0.478 e. The van der Waals surface area contributed by atoms with Crippen molar-refractivity contribution in [3.8, 4) is 5.88 Å². The summed E-state index contributed by atoms with van der Waals surface area (Å²) in [5.41, 5.74) is 0.194. The number of ether oxygens (including phenoxy) is 1. The highest BCUT2D eigenvalue weighted by Gasteiger charge is 2.17. The van der Waals surface area contributed by atoms with Crippen molar-refractivity contribution in [3.05, 3.63) is 53.5 Å². The summed E-state index contributed by atoms with van der Waals surface area (Å²) in [5.74, 6) is -1.26. The van der Waals surface area contributed by atoms with Crippen molar-refractivity contribution >= 4 is 15.9 Å². The summed E-state index contributed by atoms with van der Waals surface area (Å²) >= 11 is 0. The van der Waals surface area contributed by atoms with Crippen molar-refractivity contribution < 1.29 is 22.3 Å². The smallest absolute Gasteiger partial charge is 0.254 e. The van der Waals surface area contributed by atoms with E-state index in [0.717, 1.165) is 18.2 Å². The van der Waals surface area contributed by atoms with Gasteiger partial charge in [0.05, 0.1) is 17.1 Å². The maximum absolute atomic E-state index is 13.8. The molecule has 1 aromatic carbocycles. The lowest BCUT2D eigenvalue weighted by Crippen LogP contribution is -2.25. The Kier molecular flexibility index (Phi) is 5.47. The predicted molar refractivity (Wildman–Crippen MR) is 84.3 cm³/mol. The van der Waals surface area contributed by atoms with E-state index in [4.69, 9.17) is 9.88 Å². The number of aromatic nitrogens is 1. The summed E-state index contributed by atoms with van der Waals surface area (Å²) in [7, 11) is -4.03.